The summed E-state index contributed by atoms with van der Waals surface area (Å²) in [5, 5.41) is 14.3. The molecule has 7 nitrogen and oxygen atoms in total. The predicted molar refractivity (Wildman–Crippen MR) is 117 cm³/mol. The van der Waals surface area contributed by atoms with Gasteiger partial charge in [0.05, 0.1) is 0 Å². The first-order valence-corrected chi connectivity index (χ1v) is 10.6. The zero-order valence-corrected chi connectivity index (χ0v) is 17.8. The molecule has 3 rings (SSSR count). The van der Waals surface area contributed by atoms with Gasteiger partial charge in [-0.3, -0.25) is 4.79 Å². The molecule has 0 aliphatic heterocycles. The Balaban J connectivity index is 1.62. The van der Waals surface area contributed by atoms with Gasteiger partial charge in [0.25, 0.3) is 0 Å². The van der Waals surface area contributed by atoms with Crippen LogP contribution in [0.25, 0.3) is 11.1 Å². The third-order valence-electron chi connectivity index (χ3n) is 5.55. The summed E-state index contributed by atoms with van der Waals surface area (Å²) in [5.41, 5.74) is 4.47. The van der Waals surface area contributed by atoms with Crippen molar-refractivity contribution in [2.45, 2.75) is 51.1 Å². The minimum atomic E-state index is -1.09. The lowest BCUT2D eigenvalue weighted by atomic mass is 9.98. The van der Waals surface area contributed by atoms with Crippen LogP contribution in [-0.2, 0) is 14.3 Å². The third kappa shape index (κ3) is 5.05. The van der Waals surface area contributed by atoms with Gasteiger partial charge in [0.15, 0.2) is 0 Å². The van der Waals surface area contributed by atoms with Crippen LogP contribution in [0.15, 0.2) is 48.5 Å². The molecule has 0 aromatic heterocycles. The van der Waals surface area contributed by atoms with E-state index < -0.39 is 30.1 Å². The molecule has 1 aliphatic rings. The molecular formula is C24H28N2O5. The normalized spacial score (nSPS) is 14.1. The molecule has 0 spiro atoms. The first kappa shape index (κ1) is 22.3. The fourth-order valence-corrected chi connectivity index (χ4v) is 3.95. The maximum atomic E-state index is 12.4. The standard InChI is InChI=1S/C24H28N2O5/c1-3-9-21(23(28)29)25-22(27)20(4-2)26-24(30)31-14-19-17-12-7-5-10-15(17)16-11-6-8-13-18(16)19/h5-8,10-13,19-21H,3-4,9,14H2,1-2H3,(H,25,27)(H,26,30)(H,28,29)/t20-,21?/m0/s1. The number of hydrogen-bond acceptors (Lipinski definition) is 4. The number of hydrogen-bond donors (Lipinski definition) is 3. The van der Waals surface area contributed by atoms with Gasteiger partial charge in [0.1, 0.15) is 18.7 Å². The van der Waals surface area contributed by atoms with Crippen LogP contribution in [0.1, 0.15) is 50.2 Å². The van der Waals surface area contributed by atoms with Crippen molar-refractivity contribution < 1.29 is 24.2 Å². The predicted octanol–water partition coefficient (Wildman–Crippen LogP) is 3.67. The van der Waals surface area contributed by atoms with E-state index >= 15 is 0 Å². The van der Waals surface area contributed by atoms with Crippen LogP contribution in [0.2, 0.25) is 0 Å². The van der Waals surface area contributed by atoms with Gasteiger partial charge in [-0.1, -0.05) is 68.8 Å². The maximum Gasteiger partial charge on any atom is 0.407 e. The van der Waals surface area contributed by atoms with Crippen molar-refractivity contribution in [1.82, 2.24) is 10.6 Å². The number of nitrogens with one attached hydrogen (secondary N) is 2. The van der Waals surface area contributed by atoms with Crippen molar-refractivity contribution in [3.05, 3.63) is 59.7 Å². The first-order chi connectivity index (χ1) is 15.0. The summed E-state index contributed by atoms with van der Waals surface area (Å²) < 4.78 is 5.48. The fourth-order valence-electron chi connectivity index (χ4n) is 3.95. The van der Waals surface area contributed by atoms with Crippen molar-refractivity contribution in [2.75, 3.05) is 6.61 Å². The lowest BCUT2D eigenvalue weighted by Crippen LogP contribution is -2.51. The van der Waals surface area contributed by atoms with E-state index in [-0.39, 0.29) is 12.5 Å². The second-order valence-electron chi connectivity index (χ2n) is 7.62. The van der Waals surface area contributed by atoms with Gasteiger partial charge >= 0.3 is 12.1 Å². The molecule has 1 aliphatic carbocycles. The number of carbonyl (C=O) groups is 3. The van der Waals surface area contributed by atoms with Crippen molar-refractivity contribution in [2.24, 2.45) is 0 Å². The number of ether oxygens (including phenoxy) is 1. The molecule has 0 radical (unpaired) electrons. The highest BCUT2D eigenvalue weighted by molar-refractivity contribution is 5.89. The van der Waals surface area contributed by atoms with E-state index in [0.717, 1.165) is 22.3 Å². The zero-order chi connectivity index (χ0) is 22.4. The van der Waals surface area contributed by atoms with E-state index in [1.165, 1.54) is 0 Å². The summed E-state index contributed by atoms with van der Waals surface area (Å²) in [6.07, 6.45) is 0.552. The van der Waals surface area contributed by atoms with Crippen LogP contribution in [-0.4, -0.2) is 41.8 Å². The van der Waals surface area contributed by atoms with Crippen LogP contribution >= 0.6 is 0 Å². The summed E-state index contributed by atoms with van der Waals surface area (Å²) >= 11 is 0. The number of amides is 2. The Hall–Kier alpha value is -3.35. The second-order valence-corrected chi connectivity index (χ2v) is 7.62. The molecule has 2 aromatic carbocycles. The Morgan fingerprint density at radius 3 is 2.03 bits per heavy atom. The third-order valence-corrected chi connectivity index (χ3v) is 5.55. The van der Waals surface area contributed by atoms with Crippen LogP contribution in [0.3, 0.4) is 0 Å². The van der Waals surface area contributed by atoms with Crippen LogP contribution < -0.4 is 10.6 Å². The number of fused-ring (bicyclic) bond motifs is 3. The number of carbonyl (C=O) groups excluding carboxylic acids is 2. The van der Waals surface area contributed by atoms with Gasteiger partial charge in [-0.2, -0.15) is 0 Å². The molecular weight excluding hydrogens is 396 g/mol. The number of aliphatic carboxylic acids is 1. The molecule has 0 heterocycles. The van der Waals surface area contributed by atoms with E-state index in [1.807, 2.05) is 43.3 Å². The second kappa shape index (κ2) is 10.1. The highest BCUT2D eigenvalue weighted by atomic mass is 16.5. The van der Waals surface area contributed by atoms with E-state index in [1.54, 1.807) is 6.92 Å². The molecule has 7 heteroatoms. The van der Waals surface area contributed by atoms with E-state index in [4.69, 9.17) is 4.74 Å². The Labute approximate surface area is 181 Å². The molecule has 1 unspecified atom stereocenters. The molecule has 2 amide bonds. The maximum absolute atomic E-state index is 12.4. The monoisotopic (exact) mass is 424 g/mol. The Morgan fingerprint density at radius 2 is 1.52 bits per heavy atom. The van der Waals surface area contributed by atoms with Crippen LogP contribution in [0.5, 0.6) is 0 Å². The van der Waals surface area contributed by atoms with Gasteiger partial charge in [-0.15, -0.1) is 0 Å². The lowest BCUT2D eigenvalue weighted by Gasteiger charge is -2.21. The molecule has 0 bridgehead atoms. The number of carboxylic acid groups (broad SMARTS) is 1. The molecule has 0 fully saturated rings. The van der Waals surface area contributed by atoms with Crippen LogP contribution in [0.4, 0.5) is 4.79 Å². The lowest BCUT2D eigenvalue weighted by molar-refractivity contribution is -0.142. The zero-order valence-electron chi connectivity index (χ0n) is 17.8. The van der Waals surface area contributed by atoms with Gasteiger partial charge in [0, 0.05) is 5.92 Å². The molecule has 2 atom stereocenters. The van der Waals surface area contributed by atoms with Crippen molar-refractivity contribution in [3.63, 3.8) is 0 Å². The molecule has 31 heavy (non-hydrogen) atoms. The number of alkyl carbamates (subject to hydrolysis) is 1. The Morgan fingerprint density at radius 1 is 0.935 bits per heavy atom. The molecule has 164 valence electrons. The van der Waals surface area contributed by atoms with E-state index in [0.29, 0.717) is 19.3 Å². The number of benzene rings is 2. The molecule has 0 saturated heterocycles. The van der Waals surface area contributed by atoms with E-state index in [9.17, 15) is 19.5 Å². The van der Waals surface area contributed by atoms with Gasteiger partial charge < -0.3 is 20.5 Å². The SMILES string of the molecule is CCCC(NC(=O)[C@H](CC)NC(=O)OCC1c2ccccc2-c2ccccc21)C(=O)O. The minimum Gasteiger partial charge on any atom is -0.480 e. The summed E-state index contributed by atoms with van der Waals surface area (Å²) in [6.45, 7) is 3.73. The van der Waals surface area contributed by atoms with Crippen molar-refractivity contribution >= 4 is 18.0 Å². The average molecular weight is 424 g/mol. The summed E-state index contributed by atoms with van der Waals surface area (Å²) in [5.74, 6) is -1.70. The molecule has 2 aromatic rings. The Kier molecular flexibility index (Phi) is 7.28. The number of rotatable bonds is 9. The van der Waals surface area contributed by atoms with Gasteiger partial charge in [-0.05, 0) is 35.1 Å². The smallest absolute Gasteiger partial charge is 0.407 e. The first-order valence-electron chi connectivity index (χ1n) is 10.6. The quantitative estimate of drug-likeness (QED) is 0.570. The van der Waals surface area contributed by atoms with Crippen LogP contribution in [0, 0.1) is 0 Å². The Bertz CT molecular complexity index is 913. The average Bonchev–Trinajstić information content (AvgIpc) is 3.09. The molecule has 3 N–H and O–H groups in total. The van der Waals surface area contributed by atoms with Crippen molar-refractivity contribution in [1.29, 1.82) is 0 Å². The topological polar surface area (TPSA) is 105 Å². The minimum absolute atomic E-state index is 0.0759. The fraction of sp³-hybridized carbons (Fsp3) is 0.375. The highest BCUT2D eigenvalue weighted by Crippen LogP contribution is 2.44. The summed E-state index contributed by atoms with van der Waals surface area (Å²) in [4.78, 5) is 36.1. The number of carboxylic acids is 1. The highest BCUT2D eigenvalue weighted by Gasteiger charge is 2.30. The summed E-state index contributed by atoms with van der Waals surface area (Å²) in [7, 11) is 0. The van der Waals surface area contributed by atoms with Gasteiger partial charge in [-0.25, -0.2) is 9.59 Å². The van der Waals surface area contributed by atoms with Gasteiger partial charge in [0.2, 0.25) is 5.91 Å². The largest absolute Gasteiger partial charge is 0.480 e. The van der Waals surface area contributed by atoms with E-state index in [2.05, 4.69) is 22.8 Å². The van der Waals surface area contributed by atoms with Crippen molar-refractivity contribution in [3.8, 4) is 11.1 Å². The summed E-state index contributed by atoms with van der Waals surface area (Å²) in [6, 6.07) is 14.2. The molecule has 0 saturated carbocycles.